The number of amides is 1. The summed E-state index contributed by atoms with van der Waals surface area (Å²) in [5, 5.41) is 0. The smallest absolute Gasteiger partial charge is 0.242 e. The lowest BCUT2D eigenvalue weighted by atomic mass is 10.2. The van der Waals surface area contributed by atoms with Gasteiger partial charge in [0.05, 0.1) is 5.69 Å². The number of anilines is 2. The number of nitrogens with one attached hydrogen (secondary N) is 1. The molecule has 0 aromatic heterocycles. The molecule has 0 aliphatic carbocycles. The van der Waals surface area contributed by atoms with Crippen molar-refractivity contribution in [2.75, 3.05) is 36.0 Å². The van der Waals surface area contributed by atoms with Gasteiger partial charge in [0.1, 0.15) is 4.90 Å². The number of fused-ring (bicyclic) bond motifs is 1. The third-order valence-electron chi connectivity index (χ3n) is 5.31. The summed E-state index contributed by atoms with van der Waals surface area (Å²) >= 11 is 3.40. The van der Waals surface area contributed by atoms with Crippen molar-refractivity contribution in [2.45, 2.75) is 38.5 Å². The van der Waals surface area contributed by atoms with Crippen LogP contribution in [0.25, 0.3) is 0 Å². The Bertz CT molecular complexity index is 1040. The summed E-state index contributed by atoms with van der Waals surface area (Å²) in [7, 11) is -3.74. The Morgan fingerprint density at radius 1 is 1.27 bits per heavy atom. The molecule has 0 fully saturated rings. The van der Waals surface area contributed by atoms with Gasteiger partial charge >= 0.3 is 0 Å². The van der Waals surface area contributed by atoms with Crippen LogP contribution in [0, 0.1) is 6.92 Å². The molecule has 0 saturated carbocycles. The van der Waals surface area contributed by atoms with Crippen LogP contribution >= 0.6 is 15.9 Å². The van der Waals surface area contributed by atoms with Crippen LogP contribution in [0.2, 0.25) is 0 Å². The van der Waals surface area contributed by atoms with Gasteiger partial charge < -0.3 is 9.80 Å². The molecule has 1 heterocycles. The van der Waals surface area contributed by atoms with Gasteiger partial charge in [-0.3, -0.25) is 4.79 Å². The van der Waals surface area contributed by atoms with Gasteiger partial charge in [0.15, 0.2) is 0 Å². The Kier molecular flexibility index (Phi) is 7.21. The average Bonchev–Trinajstić information content (AvgIpc) is 3.11. The van der Waals surface area contributed by atoms with Gasteiger partial charge in [0.25, 0.3) is 0 Å². The molecule has 0 saturated heterocycles. The molecule has 0 spiro atoms. The Hall–Kier alpha value is -1.90. The SMILES string of the molecule is CCN(CCCNS(=O)(=O)c1cc(Br)cc2c1N(C(C)=O)CC2)c1cccc(C)c1. The first-order valence-electron chi connectivity index (χ1n) is 10.1. The maximum atomic E-state index is 13.1. The van der Waals surface area contributed by atoms with Crippen LogP contribution in [0.4, 0.5) is 11.4 Å². The van der Waals surface area contributed by atoms with Crippen molar-refractivity contribution < 1.29 is 13.2 Å². The van der Waals surface area contributed by atoms with Crippen LogP contribution in [-0.2, 0) is 21.2 Å². The Morgan fingerprint density at radius 2 is 2.03 bits per heavy atom. The molecule has 0 radical (unpaired) electrons. The predicted molar refractivity (Wildman–Crippen MR) is 125 cm³/mol. The van der Waals surface area contributed by atoms with E-state index in [1.807, 2.05) is 12.1 Å². The predicted octanol–water partition coefficient (Wildman–Crippen LogP) is 3.86. The Balaban J connectivity index is 1.70. The number of carbonyl (C=O) groups is 1. The molecule has 0 bridgehead atoms. The third-order valence-corrected chi connectivity index (χ3v) is 7.24. The van der Waals surface area contributed by atoms with Crippen molar-refractivity contribution >= 4 is 43.2 Å². The molecule has 2 aromatic carbocycles. The zero-order chi connectivity index (χ0) is 21.9. The van der Waals surface area contributed by atoms with Gasteiger partial charge in [0.2, 0.25) is 15.9 Å². The lowest BCUT2D eigenvalue weighted by Crippen LogP contribution is -2.32. The van der Waals surface area contributed by atoms with Gasteiger partial charge in [-0.15, -0.1) is 0 Å². The fraction of sp³-hybridized carbons (Fsp3) is 0.409. The number of halogens is 1. The van der Waals surface area contributed by atoms with Gasteiger partial charge in [-0.2, -0.15) is 0 Å². The fourth-order valence-electron chi connectivity index (χ4n) is 3.84. The normalized spacial score (nSPS) is 13.4. The zero-order valence-corrected chi connectivity index (χ0v) is 20.0. The second kappa shape index (κ2) is 9.49. The highest BCUT2D eigenvalue weighted by atomic mass is 79.9. The number of rotatable bonds is 8. The first-order valence-corrected chi connectivity index (χ1v) is 12.4. The highest BCUT2D eigenvalue weighted by Crippen LogP contribution is 2.37. The van der Waals surface area contributed by atoms with Crippen LogP contribution < -0.4 is 14.5 Å². The van der Waals surface area contributed by atoms with Crippen LogP contribution in [0.15, 0.2) is 45.8 Å². The van der Waals surface area contributed by atoms with E-state index in [0.717, 1.165) is 24.3 Å². The van der Waals surface area contributed by atoms with Gasteiger partial charge in [0, 0.05) is 43.3 Å². The average molecular weight is 494 g/mol. The maximum Gasteiger partial charge on any atom is 0.242 e. The van der Waals surface area contributed by atoms with Crippen LogP contribution in [-0.4, -0.2) is 40.5 Å². The van der Waals surface area contributed by atoms with Crippen LogP contribution in [0.5, 0.6) is 0 Å². The summed E-state index contributed by atoms with van der Waals surface area (Å²) in [4.78, 5) is 15.9. The summed E-state index contributed by atoms with van der Waals surface area (Å²) in [6, 6.07) is 11.8. The number of benzene rings is 2. The standard InChI is InChI=1S/C22H28BrN3O3S/c1-4-25(20-8-5-7-16(2)13-20)11-6-10-24-30(28,29)21-15-19(23)14-18-9-12-26(17(3)27)22(18)21/h5,7-8,13-15,24H,4,6,9-12H2,1-3H3. The van der Waals surface area contributed by atoms with Crippen molar-refractivity contribution in [3.8, 4) is 0 Å². The molecule has 6 nitrogen and oxygen atoms in total. The molecule has 1 aliphatic rings. The first-order chi connectivity index (χ1) is 14.2. The highest BCUT2D eigenvalue weighted by molar-refractivity contribution is 9.10. The van der Waals surface area contributed by atoms with E-state index in [-0.39, 0.29) is 10.8 Å². The third kappa shape index (κ3) is 5.04. The lowest BCUT2D eigenvalue weighted by molar-refractivity contribution is -0.116. The molecule has 8 heteroatoms. The lowest BCUT2D eigenvalue weighted by Gasteiger charge is -2.24. The van der Waals surface area contributed by atoms with Crippen molar-refractivity contribution in [3.63, 3.8) is 0 Å². The number of aryl methyl sites for hydroxylation is 1. The van der Waals surface area contributed by atoms with Crippen molar-refractivity contribution in [1.29, 1.82) is 0 Å². The van der Waals surface area contributed by atoms with E-state index in [4.69, 9.17) is 0 Å². The molecule has 1 aliphatic heterocycles. The van der Waals surface area contributed by atoms with Crippen LogP contribution in [0.1, 0.15) is 31.4 Å². The molecule has 1 N–H and O–H groups in total. The quantitative estimate of drug-likeness (QED) is 0.566. The Labute approximate surface area is 187 Å². The van der Waals surface area contributed by atoms with Crippen molar-refractivity contribution in [2.24, 2.45) is 0 Å². The summed E-state index contributed by atoms with van der Waals surface area (Å²) in [5.41, 5.74) is 3.72. The molecular formula is C22H28BrN3O3S. The number of hydrogen-bond acceptors (Lipinski definition) is 4. The van der Waals surface area contributed by atoms with Crippen LogP contribution in [0.3, 0.4) is 0 Å². The molecule has 0 unspecified atom stereocenters. The van der Waals surface area contributed by atoms with E-state index < -0.39 is 10.0 Å². The van der Waals surface area contributed by atoms with Gasteiger partial charge in [-0.25, -0.2) is 13.1 Å². The number of nitrogens with zero attached hydrogens (tertiary/aromatic N) is 2. The maximum absolute atomic E-state index is 13.1. The molecule has 2 aromatic rings. The minimum atomic E-state index is -3.74. The Morgan fingerprint density at radius 3 is 2.70 bits per heavy atom. The summed E-state index contributed by atoms with van der Waals surface area (Å²) in [6.45, 7) is 8.05. The van der Waals surface area contributed by atoms with E-state index in [9.17, 15) is 13.2 Å². The van der Waals surface area contributed by atoms with E-state index in [1.54, 1.807) is 11.0 Å². The summed E-state index contributed by atoms with van der Waals surface area (Å²) in [5.74, 6) is -0.149. The molecule has 1 amide bonds. The topological polar surface area (TPSA) is 69.7 Å². The van der Waals surface area contributed by atoms with Crippen molar-refractivity contribution in [3.05, 3.63) is 52.0 Å². The van der Waals surface area contributed by atoms with E-state index in [2.05, 4.69) is 57.6 Å². The van der Waals surface area contributed by atoms with Gasteiger partial charge in [-0.05, 0) is 62.1 Å². The molecular weight excluding hydrogens is 466 g/mol. The summed E-state index contributed by atoms with van der Waals surface area (Å²) in [6.07, 6.45) is 1.33. The number of hydrogen-bond donors (Lipinski definition) is 1. The molecule has 30 heavy (non-hydrogen) atoms. The first kappa shape index (κ1) is 22.8. The second-order valence-corrected chi connectivity index (χ2v) is 10.2. The number of carbonyl (C=O) groups excluding carboxylic acids is 1. The largest absolute Gasteiger partial charge is 0.372 e. The van der Waals surface area contributed by atoms with E-state index in [0.29, 0.717) is 36.1 Å². The molecule has 162 valence electrons. The zero-order valence-electron chi connectivity index (χ0n) is 17.6. The monoisotopic (exact) mass is 493 g/mol. The number of sulfonamides is 1. The van der Waals surface area contributed by atoms with E-state index in [1.165, 1.54) is 12.5 Å². The summed E-state index contributed by atoms with van der Waals surface area (Å²) < 4.78 is 29.5. The van der Waals surface area contributed by atoms with E-state index >= 15 is 0 Å². The molecule has 0 atom stereocenters. The van der Waals surface area contributed by atoms with Crippen molar-refractivity contribution in [1.82, 2.24) is 4.72 Å². The minimum Gasteiger partial charge on any atom is -0.372 e. The molecule has 3 rings (SSSR count). The van der Waals surface area contributed by atoms with Gasteiger partial charge in [-0.1, -0.05) is 28.1 Å². The second-order valence-electron chi connectivity index (χ2n) is 7.50. The fourth-order valence-corrected chi connectivity index (χ4v) is 5.84. The minimum absolute atomic E-state index is 0.149. The highest BCUT2D eigenvalue weighted by Gasteiger charge is 2.31.